The van der Waals surface area contributed by atoms with Gasteiger partial charge in [-0.15, -0.1) is 10.2 Å². The third-order valence-electron chi connectivity index (χ3n) is 4.29. The lowest BCUT2D eigenvalue weighted by atomic mass is 10.2. The van der Waals surface area contributed by atoms with Crippen LogP contribution in [0.1, 0.15) is 52.3 Å². The van der Waals surface area contributed by atoms with E-state index < -0.39 is 0 Å². The summed E-state index contributed by atoms with van der Waals surface area (Å²) in [5, 5.41) is 17.1. The van der Waals surface area contributed by atoms with Crippen molar-refractivity contribution in [1.82, 2.24) is 20.0 Å². The van der Waals surface area contributed by atoms with Crippen LogP contribution in [0.4, 0.5) is 5.13 Å². The number of nitrogens with one attached hydrogen (secondary N) is 1. The van der Waals surface area contributed by atoms with Crippen molar-refractivity contribution in [2.75, 3.05) is 5.32 Å². The monoisotopic (exact) mass is 353 g/mol. The summed E-state index contributed by atoms with van der Waals surface area (Å²) >= 11 is 1.47. The molecular weight excluding hydrogens is 334 g/mol. The van der Waals surface area contributed by atoms with Crippen molar-refractivity contribution in [3.8, 4) is 0 Å². The second-order valence-electron chi connectivity index (χ2n) is 6.18. The normalized spacial score (nSPS) is 13.8. The van der Waals surface area contributed by atoms with Gasteiger partial charge in [0.15, 0.2) is 0 Å². The number of hydrogen-bond donors (Lipinski definition) is 1. The highest BCUT2D eigenvalue weighted by molar-refractivity contribution is 7.15. The number of benzene rings is 1. The van der Waals surface area contributed by atoms with E-state index in [0.717, 1.165) is 22.7 Å². The van der Waals surface area contributed by atoms with E-state index >= 15 is 0 Å². The average molecular weight is 353 g/mol. The Morgan fingerprint density at radius 3 is 2.80 bits per heavy atom. The standard InChI is InChI=1S/C18H19N5OS/c1-2-15-14(10-19-23(15)11-12-6-4-3-5-7-12)16(24)20-18-22-21-17(25-18)13-8-9-13/h3-7,10,13H,2,8-9,11H2,1H3,(H,20,22,24). The zero-order valence-corrected chi connectivity index (χ0v) is 14.8. The zero-order chi connectivity index (χ0) is 17.2. The summed E-state index contributed by atoms with van der Waals surface area (Å²) in [6.45, 7) is 2.69. The molecule has 4 rings (SSSR count). The Bertz CT molecular complexity index is 882. The molecule has 1 aliphatic rings. The van der Waals surface area contributed by atoms with Crippen molar-refractivity contribution in [2.24, 2.45) is 0 Å². The van der Waals surface area contributed by atoms with Crippen molar-refractivity contribution < 1.29 is 4.79 Å². The van der Waals surface area contributed by atoms with Gasteiger partial charge >= 0.3 is 0 Å². The van der Waals surface area contributed by atoms with Gasteiger partial charge in [-0.3, -0.25) is 14.8 Å². The Morgan fingerprint density at radius 1 is 1.28 bits per heavy atom. The van der Waals surface area contributed by atoms with Crippen molar-refractivity contribution >= 4 is 22.4 Å². The third kappa shape index (κ3) is 3.46. The van der Waals surface area contributed by atoms with Gasteiger partial charge in [-0.25, -0.2) is 0 Å². The molecule has 2 aromatic heterocycles. The summed E-state index contributed by atoms with van der Waals surface area (Å²) in [6.07, 6.45) is 4.72. The van der Waals surface area contributed by atoms with Crippen molar-refractivity contribution in [3.63, 3.8) is 0 Å². The highest BCUT2D eigenvalue weighted by Gasteiger charge is 2.28. The van der Waals surface area contributed by atoms with E-state index in [0.29, 0.717) is 23.2 Å². The Labute approximate surface area is 149 Å². The molecule has 3 aromatic rings. The van der Waals surface area contributed by atoms with Crippen LogP contribution in [0, 0.1) is 0 Å². The highest BCUT2D eigenvalue weighted by atomic mass is 32.1. The predicted octanol–water partition coefficient (Wildman–Crippen LogP) is 3.48. The Kier molecular flexibility index (Phi) is 4.31. The Morgan fingerprint density at radius 2 is 2.08 bits per heavy atom. The minimum atomic E-state index is -0.172. The first kappa shape index (κ1) is 16.0. The molecule has 0 spiro atoms. The molecule has 0 atom stereocenters. The summed E-state index contributed by atoms with van der Waals surface area (Å²) < 4.78 is 1.89. The maximum Gasteiger partial charge on any atom is 0.260 e. The third-order valence-corrected chi connectivity index (χ3v) is 5.29. The van der Waals surface area contributed by atoms with Crippen molar-refractivity contribution in [3.05, 3.63) is 58.4 Å². The minimum absolute atomic E-state index is 0.172. The second kappa shape index (κ2) is 6.76. The summed E-state index contributed by atoms with van der Waals surface area (Å²) in [4.78, 5) is 12.6. The minimum Gasteiger partial charge on any atom is -0.296 e. The molecule has 25 heavy (non-hydrogen) atoms. The van der Waals surface area contributed by atoms with Crippen LogP contribution in [0.25, 0.3) is 0 Å². The van der Waals surface area contributed by atoms with Gasteiger partial charge in [-0.2, -0.15) is 5.10 Å². The van der Waals surface area contributed by atoms with E-state index in [1.54, 1.807) is 6.20 Å². The summed E-state index contributed by atoms with van der Waals surface area (Å²) in [6, 6.07) is 10.1. The predicted molar refractivity (Wildman–Crippen MR) is 97.0 cm³/mol. The lowest BCUT2D eigenvalue weighted by molar-refractivity contribution is 0.102. The van der Waals surface area contributed by atoms with Gasteiger partial charge in [-0.1, -0.05) is 48.6 Å². The van der Waals surface area contributed by atoms with Crippen molar-refractivity contribution in [2.45, 2.75) is 38.6 Å². The highest BCUT2D eigenvalue weighted by Crippen LogP contribution is 2.42. The van der Waals surface area contributed by atoms with E-state index in [1.165, 1.54) is 24.2 Å². The van der Waals surface area contributed by atoms with Crippen LogP contribution in [-0.4, -0.2) is 25.9 Å². The number of nitrogens with zero attached hydrogens (tertiary/aromatic N) is 4. The average Bonchev–Trinajstić information content (AvgIpc) is 3.24. The van der Waals surface area contributed by atoms with E-state index in [4.69, 9.17) is 0 Å². The van der Waals surface area contributed by atoms with Gasteiger partial charge in [0.25, 0.3) is 5.91 Å². The first-order valence-electron chi connectivity index (χ1n) is 8.48. The molecule has 1 amide bonds. The molecule has 1 fully saturated rings. The fraction of sp³-hybridized carbons (Fsp3) is 0.333. The Balaban J connectivity index is 1.51. The fourth-order valence-corrected chi connectivity index (χ4v) is 3.72. The first-order chi connectivity index (χ1) is 12.2. The molecule has 1 saturated carbocycles. The maximum atomic E-state index is 12.6. The van der Waals surface area contributed by atoms with E-state index in [1.807, 2.05) is 29.8 Å². The zero-order valence-electron chi connectivity index (χ0n) is 14.0. The smallest absolute Gasteiger partial charge is 0.260 e. The number of aromatic nitrogens is 4. The molecule has 0 aliphatic heterocycles. The van der Waals surface area contributed by atoms with E-state index in [2.05, 4.69) is 32.7 Å². The summed E-state index contributed by atoms with van der Waals surface area (Å²) in [5.74, 6) is 0.373. The van der Waals surface area contributed by atoms with Gasteiger partial charge in [0, 0.05) is 5.92 Å². The molecule has 1 N–H and O–H groups in total. The molecule has 0 bridgehead atoms. The molecule has 1 aromatic carbocycles. The lowest BCUT2D eigenvalue weighted by Crippen LogP contribution is -2.15. The van der Waals surface area contributed by atoms with Crippen LogP contribution in [0.3, 0.4) is 0 Å². The van der Waals surface area contributed by atoms with Gasteiger partial charge in [0.05, 0.1) is 24.0 Å². The molecule has 7 heteroatoms. The van der Waals surface area contributed by atoms with E-state index in [9.17, 15) is 4.79 Å². The first-order valence-corrected chi connectivity index (χ1v) is 9.29. The Hall–Kier alpha value is -2.54. The second-order valence-corrected chi connectivity index (χ2v) is 7.18. The van der Waals surface area contributed by atoms with Gasteiger partial charge in [-0.05, 0) is 24.8 Å². The number of rotatable bonds is 6. The van der Waals surface area contributed by atoms with Gasteiger partial charge in [0.1, 0.15) is 5.01 Å². The number of carbonyl (C=O) groups excluding carboxylic acids is 1. The van der Waals surface area contributed by atoms with Gasteiger partial charge < -0.3 is 0 Å². The van der Waals surface area contributed by atoms with Crippen molar-refractivity contribution in [1.29, 1.82) is 0 Å². The quantitative estimate of drug-likeness (QED) is 0.736. The largest absolute Gasteiger partial charge is 0.296 e. The molecule has 2 heterocycles. The van der Waals surface area contributed by atoms with Crippen LogP contribution in [0.5, 0.6) is 0 Å². The van der Waals surface area contributed by atoms with Crippen LogP contribution in [-0.2, 0) is 13.0 Å². The molecular formula is C18H19N5OS. The van der Waals surface area contributed by atoms with Crippen LogP contribution in [0.2, 0.25) is 0 Å². The number of hydrogen-bond acceptors (Lipinski definition) is 5. The molecule has 0 saturated heterocycles. The van der Waals surface area contributed by atoms with E-state index in [-0.39, 0.29) is 5.91 Å². The van der Waals surface area contributed by atoms with Crippen LogP contribution in [0.15, 0.2) is 36.5 Å². The molecule has 1 aliphatic carbocycles. The summed E-state index contributed by atoms with van der Waals surface area (Å²) in [5.41, 5.74) is 2.68. The maximum absolute atomic E-state index is 12.6. The molecule has 0 unspecified atom stereocenters. The number of carbonyl (C=O) groups is 1. The van der Waals surface area contributed by atoms with Gasteiger partial charge in [0.2, 0.25) is 5.13 Å². The topological polar surface area (TPSA) is 72.7 Å². The SMILES string of the molecule is CCc1c(C(=O)Nc2nnc(C3CC3)s2)cnn1Cc1ccccc1. The number of anilines is 1. The lowest BCUT2D eigenvalue weighted by Gasteiger charge is -2.08. The van der Waals surface area contributed by atoms with Crippen LogP contribution >= 0.6 is 11.3 Å². The molecule has 0 radical (unpaired) electrons. The molecule has 6 nitrogen and oxygen atoms in total. The van der Waals surface area contributed by atoms with Crippen LogP contribution < -0.4 is 5.32 Å². The summed E-state index contributed by atoms with van der Waals surface area (Å²) in [7, 11) is 0. The fourth-order valence-electron chi connectivity index (χ4n) is 2.81. The number of amides is 1. The molecule has 128 valence electrons.